The van der Waals surface area contributed by atoms with E-state index >= 15 is 0 Å². The van der Waals surface area contributed by atoms with Gasteiger partial charge in [-0.2, -0.15) is 0 Å². The summed E-state index contributed by atoms with van der Waals surface area (Å²) in [5.74, 6) is 0.505. The summed E-state index contributed by atoms with van der Waals surface area (Å²) < 4.78 is 5.14. The number of oxazole rings is 1. The minimum Gasteiger partial charge on any atom is -0.448 e. The van der Waals surface area contributed by atoms with Gasteiger partial charge in [-0.1, -0.05) is 6.92 Å². The van der Waals surface area contributed by atoms with Crippen molar-refractivity contribution >= 4 is 17.2 Å². The van der Waals surface area contributed by atoms with E-state index in [1.54, 1.807) is 18.3 Å². The molecule has 1 aliphatic heterocycles. The second-order valence-electron chi connectivity index (χ2n) is 4.72. The number of hydrogen-bond donors (Lipinski definition) is 0. The van der Waals surface area contributed by atoms with Crippen molar-refractivity contribution in [1.82, 2.24) is 9.88 Å². The van der Waals surface area contributed by atoms with E-state index in [-0.39, 0.29) is 11.9 Å². The normalized spacial score (nSPS) is 18.4. The maximum atomic E-state index is 12.5. The summed E-state index contributed by atoms with van der Waals surface area (Å²) in [6.45, 7) is 4.63. The van der Waals surface area contributed by atoms with E-state index in [0.717, 1.165) is 19.4 Å². The lowest BCUT2D eigenvalue weighted by molar-refractivity contribution is 0.0651. The molecule has 0 aliphatic carbocycles. The zero-order valence-electron chi connectivity index (χ0n) is 11.0. The van der Waals surface area contributed by atoms with Crippen LogP contribution in [0.15, 0.2) is 22.1 Å². The highest BCUT2D eigenvalue weighted by Crippen LogP contribution is 2.35. The van der Waals surface area contributed by atoms with Crippen molar-refractivity contribution in [2.75, 3.05) is 6.54 Å². The molecule has 0 unspecified atom stereocenters. The third-order valence-electron chi connectivity index (χ3n) is 3.58. The lowest BCUT2D eigenvalue weighted by atomic mass is 9.97. The summed E-state index contributed by atoms with van der Waals surface area (Å²) in [6.07, 6.45) is 3.31. The zero-order chi connectivity index (χ0) is 13.4. The van der Waals surface area contributed by atoms with Crippen molar-refractivity contribution in [2.24, 2.45) is 0 Å². The minimum atomic E-state index is -0.0273. The molecule has 2 aromatic rings. The van der Waals surface area contributed by atoms with Gasteiger partial charge < -0.3 is 9.32 Å². The number of aromatic nitrogens is 1. The first-order valence-corrected chi connectivity index (χ1v) is 7.38. The summed E-state index contributed by atoms with van der Waals surface area (Å²) in [7, 11) is 0. The van der Waals surface area contributed by atoms with Crippen LogP contribution >= 0.6 is 11.3 Å². The molecule has 0 aromatic carbocycles. The fourth-order valence-corrected chi connectivity index (χ4v) is 3.62. The van der Waals surface area contributed by atoms with Gasteiger partial charge in [0, 0.05) is 18.3 Å². The Morgan fingerprint density at radius 3 is 3.16 bits per heavy atom. The van der Waals surface area contributed by atoms with Gasteiger partial charge in [0.1, 0.15) is 6.26 Å². The van der Waals surface area contributed by atoms with Gasteiger partial charge in [0.15, 0.2) is 11.6 Å². The summed E-state index contributed by atoms with van der Waals surface area (Å²) in [4.78, 5) is 20.0. The van der Waals surface area contributed by atoms with Gasteiger partial charge in [0.25, 0.3) is 5.91 Å². The molecule has 2 aromatic heterocycles. The molecule has 1 amide bonds. The Kier molecular flexibility index (Phi) is 3.14. The molecular weight excluding hydrogens is 260 g/mol. The SMILES string of the molecule is CC[C@@H]1c2ccsc2CCN1C(=O)c1coc(C)n1. The summed E-state index contributed by atoms with van der Waals surface area (Å²) in [5.41, 5.74) is 1.71. The molecule has 1 aliphatic rings. The fourth-order valence-electron chi connectivity index (χ4n) is 2.69. The lowest BCUT2D eigenvalue weighted by Gasteiger charge is -2.34. The van der Waals surface area contributed by atoms with Crippen LogP contribution in [0.1, 0.15) is 46.2 Å². The molecular formula is C14H16N2O2S. The molecule has 0 fully saturated rings. The molecule has 0 N–H and O–H groups in total. The Hall–Kier alpha value is -1.62. The first-order chi connectivity index (χ1) is 9.20. The minimum absolute atomic E-state index is 0.0273. The Labute approximate surface area is 116 Å². The van der Waals surface area contributed by atoms with E-state index in [1.165, 1.54) is 16.7 Å². The number of aryl methyl sites for hydroxylation is 1. The Balaban J connectivity index is 1.91. The number of rotatable bonds is 2. The number of nitrogens with zero attached hydrogens (tertiary/aromatic N) is 2. The standard InChI is InChI=1S/C14H16N2O2S/c1-3-12-10-5-7-19-13(10)4-6-16(12)14(17)11-8-18-9(2)15-11/h5,7-8,12H,3-4,6H2,1-2H3/t12-/m1/s1. The third-order valence-corrected chi connectivity index (χ3v) is 4.58. The number of amides is 1. The van der Waals surface area contributed by atoms with E-state index in [4.69, 9.17) is 4.42 Å². The predicted molar refractivity (Wildman–Crippen MR) is 73.3 cm³/mol. The molecule has 5 heteroatoms. The van der Waals surface area contributed by atoms with Gasteiger partial charge in [-0.25, -0.2) is 4.98 Å². The Morgan fingerprint density at radius 1 is 1.63 bits per heavy atom. The fraction of sp³-hybridized carbons (Fsp3) is 0.429. The average molecular weight is 276 g/mol. The van der Waals surface area contributed by atoms with Crippen molar-refractivity contribution < 1.29 is 9.21 Å². The highest BCUT2D eigenvalue weighted by molar-refractivity contribution is 7.10. The van der Waals surface area contributed by atoms with Crippen molar-refractivity contribution in [1.29, 1.82) is 0 Å². The van der Waals surface area contributed by atoms with Crippen molar-refractivity contribution in [3.63, 3.8) is 0 Å². The van der Waals surface area contributed by atoms with Crippen LogP contribution in [-0.2, 0) is 6.42 Å². The summed E-state index contributed by atoms with van der Waals surface area (Å²) in [6, 6.07) is 2.31. The molecule has 0 saturated heterocycles. The van der Waals surface area contributed by atoms with Crippen LogP contribution in [0.2, 0.25) is 0 Å². The van der Waals surface area contributed by atoms with E-state index in [9.17, 15) is 4.79 Å². The molecule has 0 spiro atoms. The molecule has 0 radical (unpaired) electrons. The van der Waals surface area contributed by atoms with Gasteiger partial charge in [-0.15, -0.1) is 11.3 Å². The smallest absolute Gasteiger partial charge is 0.276 e. The lowest BCUT2D eigenvalue weighted by Crippen LogP contribution is -2.39. The quantitative estimate of drug-likeness (QED) is 0.846. The monoisotopic (exact) mass is 276 g/mol. The molecule has 3 rings (SSSR count). The van der Waals surface area contributed by atoms with Gasteiger partial charge in [0.05, 0.1) is 6.04 Å². The molecule has 3 heterocycles. The van der Waals surface area contributed by atoms with Crippen LogP contribution < -0.4 is 0 Å². The highest BCUT2D eigenvalue weighted by Gasteiger charge is 2.31. The van der Waals surface area contributed by atoms with Crippen LogP contribution in [0.3, 0.4) is 0 Å². The van der Waals surface area contributed by atoms with E-state index in [1.807, 2.05) is 4.90 Å². The van der Waals surface area contributed by atoms with E-state index < -0.39 is 0 Å². The van der Waals surface area contributed by atoms with Crippen LogP contribution in [0.4, 0.5) is 0 Å². The summed E-state index contributed by atoms with van der Waals surface area (Å²) >= 11 is 1.79. The van der Waals surface area contributed by atoms with Crippen molar-refractivity contribution in [3.8, 4) is 0 Å². The highest BCUT2D eigenvalue weighted by atomic mass is 32.1. The molecule has 1 atom stereocenters. The van der Waals surface area contributed by atoms with Gasteiger partial charge in [0.2, 0.25) is 0 Å². The molecule has 0 bridgehead atoms. The van der Waals surface area contributed by atoms with E-state index in [2.05, 4.69) is 23.4 Å². The number of carbonyl (C=O) groups excluding carboxylic acids is 1. The predicted octanol–water partition coefficient (Wildman–Crippen LogP) is 3.19. The Morgan fingerprint density at radius 2 is 2.47 bits per heavy atom. The van der Waals surface area contributed by atoms with Crippen LogP contribution in [-0.4, -0.2) is 22.3 Å². The van der Waals surface area contributed by atoms with Crippen LogP contribution in [0, 0.1) is 6.92 Å². The number of thiophene rings is 1. The Bertz CT molecular complexity index is 602. The van der Waals surface area contributed by atoms with E-state index in [0.29, 0.717) is 11.6 Å². The molecule has 0 saturated carbocycles. The maximum Gasteiger partial charge on any atom is 0.276 e. The topological polar surface area (TPSA) is 46.3 Å². The number of fused-ring (bicyclic) bond motifs is 1. The maximum absolute atomic E-state index is 12.5. The number of hydrogen-bond acceptors (Lipinski definition) is 4. The molecule has 100 valence electrons. The average Bonchev–Trinajstić information content (AvgIpc) is 3.04. The van der Waals surface area contributed by atoms with Gasteiger partial charge in [-0.05, 0) is 29.9 Å². The second kappa shape index (κ2) is 4.81. The third kappa shape index (κ3) is 2.08. The molecule has 19 heavy (non-hydrogen) atoms. The van der Waals surface area contributed by atoms with Crippen LogP contribution in [0.5, 0.6) is 0 Å². The van der Waals surface area contributed by atoms with Crippen LogP contribution in [0.25, 0.3) is 0 Å². The summed E-state index contributed by atoms with van der Waals surface area (Å²) in [5, 5.41) is 2.11. The first-order valence-electron chi connectivity index (χ1n) is 6.50. The first kappa shape index (κ1) is 12.4. The van der Waals surface area contributed by atoms with Gasteiger partial charge >= 0.3 is 0 Å². The molecule has 4 nitrogen and oxygen atoms in total. The van der Waals surface area contributed by atoms with Crippen molar-refractivity contribution in [3.05, 3.63) is 39.7 Å². The van der Waals surface area contributed by atoms with Gasteiger partial charge in [-0.3, -0.25) is 4.79 Å². The second-order valence-corrected chi connectivity index (χ2v) is 5.72. The largest absolute Gasteiger partial charge is 0.448 e. The number of carbonyl (C=O) groups is 1. The van der Waals surface area contributed by atoms with Crippen molar-refractivity contribution in [2.45, 2.75) is 32.7 Å². The zero-order valence-corrected chi connectivity index (χ0v) is 11.9.